The Morgan fingerprint density at radius 3 is 2.46 bits per heavy atom. The van der Waals surface area contributed by atoms with Crippen molar-refractivity contribution in [2.24, 2.45) is 0 Å². The van der Waals surface area contributed by atoms with Crippen LogP contribution in [0.15, 0.2) is 24.3 Å². The normalized spacial score (nSPS) is 10.5. The number of ether oxygens (including phenoxy) is 1. The topological polar surface area (TPSA) is 55.4 Å². The number of aryl methyl sites for hydroxylation is 1. The predicted octanol–water partition coefficient (Wildman–Crippen LogP) is 4.63. The molecule has 1 aromatic heterocycles. The quantitative estimate of drug-likeness (QED) is 0.759. The maximum Gasteiger partial charge on any atom is 0.341 e. The van der Waals surface area contributed by atoms with Crippen LogP contribution >= 0.6 is 22.9 Å². The van der Waals surface area contributed by atoms with Crippen LogP contribution in [0.1, 0.15) is 40.2 Å². The van der Waals surface area contributed by atoms with Gasteiger partial charge in [-0.1, -0.05) is 30.7 Å². The van der Waals surface area contributed by atoms with E-state index in [2.05, 4.69) is 5.32 Å². The van der Waals surface area contributed by atoms with Gasteiger partial charge in [0, 0.05) is 9.90 Å². The second kappa shape index (κ2) is 8.31. The van der Waals surface area contributed by atoms with Crippen molar-refractivity contribution in [3.63, 3.8) is 0 Å². The van der Waals surface area contributed by atoms with Gasteiger partial charge in [0.1, 0.15) is 5.00 Å². The smallest absolute Gasteiger partial charge is 0.341 e. The van der Waals surface area contributed by atoms with Crippen molar-refractivity contribution in [3.05, 3.63) is 50.9 Å². The SMILES string of the molecule is CCOC(=O)c1c(NC(=O)Cc2ccc(Cl)cc2)sc(C)c1CC. The first kappa shape index (κ1) is 18.5. The van der Waals surface area contributed by atoms with Crippen LogP contribution in [-0.2, 0) is 22.4 Å². The molecule has 1 N–H and O–H groups in total. The molecule has 6 heteroatoms. The number of carbonyl (C=O) groups excluding carboxylic acids is 2. The van der Waals surface area contributed by atoms with Crippen LogP contribution in [0.25, 0.3) is 0 Å². The van der Waals surface area contributed by atoms with Gasteiger partial charge in [-0.05, 0) is 43.5 Å². The minimum absolute atomic E-state index is 0.174. The number of thiophene rings is 1. The molecular weight excluding hydrogens is 346 g/mol. The highest BCUT2D eigenvalue weighted by Crippen LogP contribution is 2.34. The van der Waals surface area contributed by atoms with E-state index < -0.39 is 0 Å². The minimum Gasteiger partial charge on any atom is -0.462 e. The van der Waals surface area contributed by atoms with Gasteiger partial charge in [-0.3, -0.25) is 4.79 Å². The highest BCUT2D eigenvalue weighted by molar-refractivity contribution is 7.16. The monoisotopic (exact) mass is 365 g/mol. The summed E-state index contributed by atoms with van der Waals surface area (Å²) in [5, 5.41) is 4.04. The molecule has 0 bridgehead atoms. The summed E-state index contributed by atoms with van der Waals surface area (Å²) in [5.74, 6) is -0.563. The molecule has 1 aromatic carbocycles. The zero-order valence-corrected chi connectivity index (χ0v) is 15.5. The molecular formula is C18H20ClNO3S. The number of anilines is 1. The van der Waals surface area contributed by atoms with E-state index >= 15 is 0 Å². The van der Waals surface area contributed by atoms with Crippen molar-refractivity contribution in [1.82, 2.24) is 0 Å². The molecule has 0 aliphatic heterocycles. The summed E-state index contributed by atoms with van der Waals surface area (Å²) in [4.78, 5) is 25.6. The number of benzene rings is 1. The van der Waals surface area contributed by atoms with Gasteiger partial charge in [-0.15, -0.1) is 11.3 Å². The summed E-state index contributed by atoms with van der Waals surface area (Å²) >= 11 is 7.26. The number of nitrogens with one attached hydrogen (secondary N) is 1. The molecule has 1 amide bonds. The van der Waals surface area contributed by atoms with Gasteiger partial charge in [-0.2, -0.15) is 0 Å². The van der Waals surface area contributed by atoms with Gasteiger partial charge in [-0.25, -0.2) is 4.79 Å². The third-order valence-corrected chi connectivity index (χ3v) is 4.89. The highest BCUT2D eigenvalue weighted by atomic mass is 35.5. The summed E-state index contributed by atoms with van der Waals surface area (Å²) in [6.07, 6.45) is 0.932. The Balaban J connectivity index is 2.20. The number of carbonyl (C=O) groups is 2. The van der Waals surface area contributed by atoms with E-state index in [-0.39, 0.29) is 18.3 Å². The molecule has 1 heterocycles. The first-order valence-corrected chi connectivity index (χ1v) is 8.99. The van der Waals surface area contributed by atoms with Crippen molar-refractivity contribution in [2.75, 3.05) is 11.9 Å². The number of hydrogen-bond donors (Lipinski definition) is 1. The van der Waals surface area contributed by atoms with E-state index in [1.54, 1.807) is 19.1 Å². The average molecular weight is 366 g/mol. The lowest BCUT2D eigenvalue weighted by Crippen LogP contribution is -2.16. The second-order valence-electron chi connectivity index (χ2n) is 5.27. The Labute approximate surface area is 150 Å². The van der Waals surface area contributed by atoms with E-state index in [1.807, 2.05) is 26.0 Å². The van der Waals surface area contributed by atoms with E-state index in [9.17, 15) is 9.59 Å². The summed E-state index contributed by atoms with van der Waals surface area (Å²) in [7, 11) is 0. The fraction of sp³-hybridized carbons (Fsp3) is 0.333. The molecule has 0 radical (unpaired) electrons. The summed E-state index contributed by atoms with van der Waals surface area (Å²) in [6, 6.07) is 7.12. The Hall–Kier alpha value is -1.85. The Kier molecular flexibility index (Phi) is 6.40. The van der Waals surface area contributed by atoms with Gasteiger partial charge >= 0.3 is 5.97 Å². The van der Waals surface area contributed by atoms with Crippen molar-refractivity contribution < 1.29 is 14.3 Å². The molecule has 0 unspecified atom stereocenters. The molecule has 24 heavy (non-hydrogen) atoms. The van der Waals surface area contributed by atoms with Crippen molar-refractivity contribution in [3.8, 4) is 0 Å². The van der Waals surface area contributed by atoms with Crippen LogP contribution in [0.5, 0.6) is 0 Å². The van der Waals surface area contributed by atoms with E-state index in [0.29, 0.717) is 28.6 Å². The molecule has 0 atom stereocenters. The van der Waals surface area contributed by atoms with Crippen molar-refractivity contribution in [2.45, 2.75) is 33.6 Å². The zero-order valence-electron chi connectivity index (χ0n) is 13.9. The number of esters is 1. The van der Waals surface area contributed by atoms with Crippen LogP contribution in [0.3, 0.4) is 0 Å². The number of hydrogen-bond acceptors (Lipinski definition) is 4. The van der Waals surface area contributed by atoms with Crippen LogP contribution in [-0.4, -0.2) is 18.5 Å². The van der Waals surface area contributed by atoms with E-state index in [4.69, 9.17) is 16.3 Å². The van der Waals surface area contributed by atoms with Crippen molar-refractivity contribution in [1.29, 1.82) is 0 Å². The second-order valence-corrected chi connectivity index (χ2v) is 6.93. The number of amides is 1. The highest BCUT2D eigenvalue weighted by Gasteiger charge is 2.23. The van der Waals surface area contributed by atoms with Gasteiger partial charge in [0.15, 0.2) is 0 Å². The van der Waals surface area contributed by atoms with Crippen LogP contribution in [0, 0.1) is 6.92 Å². The zero-order chi connectivity index (χ0) is 17.7. The number of rotatable bonds is 6. The number of halogens is 1. The Morgan fingerprint density at radius 2 is 1.88 bits per heavy atom. The molecule has 0 saturated carbocycles. The fourth-order valence-electron chi connectivity index (χ4n) is 2.47. The molecule has 2 aromatic rings. The van der Waals surface area contributed by atoms with Crippen LogP contribution < -0.4 is 5.32 Å². The van der Waals surface area contributed by atoms with Gasteiger partial charge < -0.3 is 10.1 Å². The molecule has 128 valence electrons. The Morgan fingerprint density at radius 1 is 1.21 bits per heavy atom. The van der Waals surface area contributed by atoms with E-state index in [0.717, 1.165) is 16.0 Å². The standard InChI is InChI=1S/C18H20ClNO3S/c1-4-14-11(3)24-17(16(14)18(22)23-5-2)20-15(21)10-12-6-8-13(19)9-7-12/h6-9H,4-5,10H2,1-3H3,(H,20,21). The van der Waals surface area contributed by atoms with Gasteiger partial charge in [0.2, 0.25) is 5.91 Å². The lowest BCUT2D eigenvalue weighted by atomic mass is 10.1. The lowest BCUT2D eigenvalue weighted by Gasteiger charge is -2.08. The third-order valence-electron chi connectivity index (χ3n) is 3.57. The van der Waals surface area contributed by atoms with Crippen LogP contribution in [0.4, 0.5) is 5.00 Å². The molecule has 0 aliphatic rings. The van der Waals surface area contributed by atoms with Crippen LogP contribution in [0.2, 0.25) is 5.02 Å². The minimum atomic E-state index is -0.388. The van der Waals surface area contributed by atoms with Crippen molar-refractivity contribution >= 4 is 39.8 Å². The summed E-state index contributed by atoms with van der Waals surface area (Å²) in [6.45, 7) is 5.99. The maximum absolute atomic E-state index is 12.3. The molecule has 0 fully saturated rings. The molecule has 4 nitrogen and oxygen atoms in total. The Bertz CT molecular complexity index is 737. The average Bonchev–Trinajstić information content (AvgIpc) is 2.85. The molecule has 0 aliphatic carbocycles. The first-order chi connectivity index (χ1) is 11.5. The maximum atomic E-state index is 12.3. The lowest BCUT2D eigenvalue weighted by molar-refractivity contribution is -0.115. The largest absolute Gasteiger partial charge is 0.462 e. The molecule has 2 rings (SSSR count). The predicted molar refractivity (Wildman–Crippen MR) is 98.2 cm³/mol. The molecule has 0 spiro atoms. The fourth-order valence-corrected chi connectivity index (χ4v) is 3.75. The molecule has 0 saturated heterocycles. The summed E-state index contributed by atoms with van der Waals surface area (Å²) in [5.41, 5.74) is 2.27. The summed E-state index contributed by atoms with van der Waals surface area (Å²) < 4.78 is 5.14. The van der Waals surface area contributed by atoms with Gasteiger partial charge in [0.05, 0.1) is 18.6 Å². The third kappa shape index (κ3) is 4.36. The van der Waals surface area contributed by atoms with Gasteiger partial charge in [0.25, 0.3) is 0 Å². The van der Waals surface area contributed by atoms with E-state index in [1.165, 1.54) is 11.3 Å². The first-order valence-electron chi connectivity index (χ1n) is 7.79.